The summed E-state index contributed by atoms with van der Waals surface area (Å²) in [5, 5.41) is 9.92. The maximum atomic E-state index is 11.9. The molecule has 1 N–H and O–H groups in total. The molecule has 2 rings (SSSR count). The average molecular weight is 299 g/mol. The summed E-state index contributed by atoms with van der Waals surface area (Å²) < 4.78 is 25.1. The van der Waals surface area contributed by atoms with Gasteiger partial charge in [0.1, 0.15) is 10.7 Å². The topological polar surface area (TPSA) is 73.7 Å². The van der Waals surface area contributed by atoms with Gasteiger partial charge in [-0.15, -0.1) is 0 Å². The van der Waals surface area contributed by atoms with Gasteiger partial charge >= 0.3 is 0 Å². The highest BCUT2D eigenvalue weighted by atomic mass is 32.2. The molecule has 1 fully saturated rings. The molecule has 1 aliphatic heterocycles. The van der Waals surface area contributed by atoms with Crippen molar-refractivity contribution in [2.75, 3.05) is 32.1 Å². The number of hydrogen-bond acceptors (Lipinski definition) is 5. The van der Waals surface area contributed by atoms with Crippen LogP contribution in [0.25, 0.3) is 0 Å². The number of hydrogen-bond donors (Lipinski definition) is 1. The quantitative estimate of drug-likeness (QED) is 0.888. The van der Waals surface area contributed by atoms with Gasteiger partial charge in [0.05, 0.1) is 5.60 Å². The van der Waals surface area contributed by atoms with E-state index in [4.69, 9.17) is 0 Å². The Morgan fingerprint density at radius 2 is 1.90 bits per heavy atom. The number of piperidine rings is 1. The summed E-state index contributed by atoms with van der Waals surface area (Å²) in [7, 11) is -0.439. The Morgan fingerprint density at radius 3 is 2.35 bits per heavy atom. The number of aliphatic hydroxyl groups is 1. The van der Waals surface area contributed by atoms with E-state index >= 15 is 0 Å². The molecule has 1 aromatic heterocycles. The van der Waals surface area contributed by atoms with Crippen LogP contribution >= 0.6 is 0 Å². The molecule has 0 saturated carbocycles. The summed E-state index contributed by atoms with van der Waals surface area (Å²) in [4.78, 5) is 6.49. The van der Waals surface area contributed by atoms with Gasteiger partial charge < -0.3 is 10.0 Å². The van der Waals surface area contributed by atoms with Crippen LogP contribution in [0.5, 0.6) is 0 Å². The van der Waals surface area contributed by atoms with E-state index in [-0.39, 0.29) is 4.90 Å². The third kappa shape index (κ3) is 3.11. The van der Waals surface area contributed by atoms with E-state index in [2.05, 4.69) is 9.88 Å². The molecule has 1 saturated heterocycles. The summed E-state index contributed by atoms with van der Waals surface area (Å²) in [5.74, 6) is 0.748. The third-order valence-electron chi connectivity index (χ3n) is 3.66. The molecule has 0 atom stereocenters. The summed E-state index contributed by atoms with van der Waals surface area (Å²) in [6, 6.07) is 3.29. The van der Waals surface area contributed by atoms with E-state index in [9.17, 15) is 13.5 Å². The van der Waals surface area contributed by atoms with E-state index < -0.39 is 15.6 Å². The van der Waals surface area contributed by atoms with E-state index in [1.54, 1.807) is 12.1 Å². The highest BCUT2D eigenvalue weighted by molar-refractivity contribution is 7.89. The number of nitrogens with zero attached hydrogens (tertiary/aromatic N) is 3. The Balaban J connectivity index is 2.14. The van der Waals surface area contributed by atoms with Gasteiger partial charge in [-0.2, -0.15) is 0 Å². The van der Waals surface area contributed by atoms with Crippen LogP contribution in [0, 0.1) is 0 Å². The summed E-state index contributed by atoms with van der Waals surface area (Å²) in [6.45, 7) is 3.28. The van der Waals surface area contributed by atoms with Gasteiger partial charge in [0.2, 0.25) is 10.0 Å². The largest absolute Gasteiger partial charge is 0.390 e. The van der Waals surface area contributed by atoms with Gasteiger partial charge in [-0.05, 0) is 31.9 Å². The number of aromatic nitrogens is 1. The fourth-order valence-electron chi connectivity index (χ4n) is 2.14. The Bertz CT molecular complexity index is 557. The van der Waals surface area contributed by atoms with Crippen LogP contribution < -0.4 is 4.90 Å². The second-order valence-electron chi connectivity index (χ2n) is 5.62. The minimum Gasteiger partial charge on any atom is -0.390 e. The Kier molecular flexibility index (Phi) is 4.04. The zero-order valence-electron chi connectivity index (χ0n) is 12.1. The fraction of sp³-hybridized carbons (Fsp3) is 0.615. The number of anilines is 1. The van der Waals surface area contributed by atoms with Crippen LogP contribution in [0.3, 0.4) is 0 Å². The van der Waals surface area contributed by atoms with Crippen LogP contribution in [-0.4, -0.2) is 55.6 Å². The van der Waals surface area contributed by atoms with Crippen molar-refractivity contribution >= 4 is 15.8 Å². The first-order valence-electron chi connectivity index (χ1n) is 6.58. The molecule has 7 heteroatoms. The first kappa shape index (κ1) is 15.2. The Morgan fingerprint density at radius 1 is 1.30 bits per heavy atom. The van der Waals surface area contributed by atoms with Crippen molar-refractivity contribution in [3.05, 3.63) is 18.3 Å². The lowest BCUT2D eigenvalue weighted by Gasteiger charge is -2.36. The standard InChI is InChI=1S/C13H21N3O3S/c1-13(17)6-8-16(9-7-13)12-5-4-11(10-14-12)20(18,19)15(2)3/h4-5,10,17H,6-9H2,1-3H3. The van der Waals surface area contributed by atoms with Crippen molar-refractivity contribution in [3.8, 4) is 0 Å². The zero-order chi connectivity index (χ0) is 15.0. The molecule has 0 amide bonds. The first-order valence-corrected chi connectivity index (χ1v) is 8.02. The third-order valence-corrected chi connectivity index (χ3v) is 5.46. The lowest BCUT2D eigenvalue weighted by molar-refractivity contribution is 0.0350. The first-order chi connectivity index (χ1) is 9.22. The zero-order valence-corrected chi connectivity index (χ0v) is 12.9. The van der Waals surface area contributed by atoms with Crippen molar-refractivity contribution in [2.24, 2.45) is 0 Å². The lowest BCUT2D eigenvalue weighted by atomic mass is 9.94. The van der Waals surface area contributed by atoms with Crippen molar-refractivity contribution in [3.63, 3.8) is 0 Å². The molecule has 1 aliphatic rings. The summed E-state index contributed by atoms with van der Waals surface area (Å²) >= 11 is 0. The van der Waals surface area contributed by atoms with Crippen LogP contribution in [0.2, 0.25) is 0 Å². The number of pyridine rings is 1. The molecular weight excluding hydrogens is 278 g/mol. The molecule has 0 spiro atoms. The molecule has 1 aromatic rings. The molecule has 6 nitrogen and oxygen atoms in total. The predicted molar refractivity (Wildman–Crippen MR) is 77.2 cm³/mol. The maximum absolute atomic E-state index is 11.9. The smallest absolute Gasteiger partial charge is 0.244 e. The molecule has 112 valence electrons. The lowest BCUT2D eigenvalue weighted by Crippen LogP contribution is -2.42. The van der Waals surface area contributed by atoms with Gasteiger partial charge in [0.25, 0.3) is 0 Å². The Labute approximate surface area is 120 Å². The fourth-order valence-corrected chi connectivity index (χ4v) is 2.99. The highest BCUT2D eigenvalue weighted by Crippen LogP contribution is 2.25. The molecule has 0 aliphatic carbocycles. The molecule has 0 unspecified atom stereocenters. The summed E-state index contributed by atoms with van der Waals surface area (Å²) in [6.07, 6.45) is 2.76. The average Bonchev–Trinajstić information content (AvgIpc) is 2.38. The van der Waals surface area contributed by atoms with Crippen molar-refractivity contribution in [1.29, 1.82) is 0 Å². The number of sulfonamides is 1. The molecule has 20 heavy (non-hydrogen) atoms. The van der Waals surface area contributed by atoms with Crippen molar-refractivity contribution in [2.45, 2.75) is 30.3 Å². The van der Waals surface area contributed by atoms with E-state index in [1.807, 2.05) is 6.92 Å². The molecular formula is C13H21N3O3S. The normalized spacial score (nSPS) is 19.4. The van der Waals surface area contributed by atoms with Crippen LogP contribution in [0.4, 0.5) is 5.82 Å². The van der Waals surface area contributed by atoms with Crippen LogP contribution in [0.1, 0.15) is 19.8 Å². The van der Waals surface area contributed by atoms with E-state index in [0.29, 0.717) is 12.8 Å². The highest BCUT2D eigenvalue weighted by Gasteiger charge is 2.28. The Hall–Kier alpha value is -1.18. The van der Waals surface area contributed by atoms with Crippen molar-refractivity contribution < 1.29 is 13.5 Å². The second kappa shape index (κ2) is 5.31. The number of rotatable bonds is 3. The van der Waals surface area contributed by atoms with E-state index in [0.717, 1.165) is 18.9 Å². The second-order valence-corrected chi connectivity index (χ2v) is 7.78. The SMILES string of the molecule is CN(C)S(=O)(=O)c1ccc(N2CCC(C)(O)CC2)nc1. The van der Waals surface area contributed by atoms with Crippen LogP contribution in [-0.2, 0) is 10.0 Å². The van der Waals surface area contributed by atoms with Gasteiger partial charge in [-0.3, -0.25) is 0 Å². The maximum Gasteiger partial charge on any atom is 0.244 e. The minimum absolute atomic E-state index is 0.190. The monoisotopic (exact) mass is 299 g/mol. The van der Waals surface area contributed by atoms with Crippen LogP contribution in [0.15, 0.2) is 23.2 Å². The van der Waals surface area contributed by atoms with Gasteiger partial charge in [0, 0.05) is 33.4 Å². The minimum atomic E-state index is -3.43. The summed E-state index contributed by atoms with van der Waals surface area (Å²) in [5.41, 5.74) is -0.606. The van der Waals surface area contributed by atoms with Gasteiger partial charge in [-0.1, -0.05) is 0 Å². The van der Waals surface area contributed by atoms with E-state index in [1.165, 1.54) is 24.6 Å². The van der Waals surface area contributed by atoms with Gasteiger partial charge in [-0.25, -0.2) is 17.7 Å². The van der Waals surface area contributed by atoms with Crippen molar-refractivity contribution in [1.82, 2.24) is 9.29 Å². The molecule has 0 radical (unpaired) electrons. The predicted octanol–water partition coefficient (Wildman–Crippen LogP) is 0.683. The molecule has 0 aromatic carbocycles. The van der Waals surface area contributed by atoms with Gasteiger partial charge in [0.15, 0.2) is 0 Å². The molecule has 0 bridgehead atoms. The molecule has 2 heterocycles.